The normalized spacial score (nSPS) is 19.6. The monoisotopic (exact) mass is 648 g/mol. The van der Waals surface area contributed by atoms with Gasteiger partial charge in [0.05, 0.1) is 5.56 Å². The number of esters is 1. The average Bonchev–Trinajstić information content (AvgIpc) is 3.13. The molecule has 3 saturated heterocycles. The van der Waals surface area contributed by atoms with Crippen LogP contribution in [0.1, 0.15) is 55.3 Å². The largest absolute Gasteiger partial charge is 0.490 e. The first kappa shape index (κ1) is 32.8. The summed E-state index contributed by atoms with van der Waals surface area (Å²) in [5.41, 5.74) is 4.95. The van der Waals surface area contributed by atoms with E-state index in [1.165, 1.54) is 5.56 Å². The van der Waals surface area contributed by atoms with E-state index >= 15 is 0 Å². The molecule has 3 heterocycles. The molecule has 0 radical (unpaired) electrons. The molecule has 3 fully saturated rings. The Bertz CT molecular complexity index is 1710. The maximum atomic E-state index is 12.8. The predicted octanol–water partition coefficient (Wildman–Crippen LogP) is 6.34. The van der Waals surface area contributed by atoms with E-state index in [4.69, 9.17) is 18.9 Å². The highest BCUT2D eigenvalue weighted by Gasteiger charge is 2.43. The predicted molar refractivity (Wildman–Crippen MR) is 180 cm³/mol. The number of aldehydes is 1. The summed E-state index contributed by atoms with van der Waals surface area (Å²) < 4.78 is 23.0. The molecule has 0 aliphatic carbocycles. The molecule has 9 nitrogen and oxygen atoms in total. The van der Waals surface area contributed by atoms with Crippen molar-refractivity contribution in [3.63, 3.8) is 0 Å². The number of alkyl carbamates (subject to hydrolysis) is 1. The van der Waals surface area contributed by atoms with E-state index in [2.05, 4.69) is 34.5 Å². The molecule has 2 bridgehead atoms. The van der Waals surface area contributed by atoms with E-state index in [-0.39, 0.29) is 19.3 Å². The minimum Gasteiger partial charge on any atom is -0.490 e. The van der Waals surface area contributed by atoms with Gasteiger partial charge in [0.2, 0.25) is 0 Å². The number of nitrogens with one attached hydrogen (secondary N) is 1. The summed E-state index contributed by atoms with van der Waals surface area (Å²) in [5.74, 6) is 1.57. The fraction of sp³-hybridized carbons (Fsp3) is 0.308. The van der Waals surface area contributed by atoms with E-state index in [1.54, 1.807) is 30.3 Å². The lowest BCUT2D eigenvalue weighted by atomic mass is 9.74. The second-order valence-corrected chi connectivity index (χ2v) is 12.3. The molecule has 1 amide bonds. The van der Waals surface area contributed by atoms with E-state index in [0.717, 1.165) is 49.0 Å². The van der Waals surface area contributed by atoms with Crippen molar-refractivity contribution in [2.45, 2.75) is 38.5 Å². The Labute approximate surface area is 280 Å². The van der Waals surface area contributed by atoms with Gasteiger partial charge in [0.15, 0.2) is 0 Å². The van der Waals surface area contributed by atoms with Gasteiger partial charge in [0.25, 0.3) is 0 Å². The zero-order valence-corrected chi connectivity index (χ0v) is 27.0. The zero-order chi connectivity index (χ0) is 33.3. The number of aryl methyl sites for hydroxylation is 1. The quantitative estimate of drug-likeness (QED) is 0.102. The number of hydrogen-bond donors (Lipinski definition) is 1. The van der Waals surface area contributed by atoms with Crippen molar-refractivity contribution in [1.29, 1.82) is 0 Å². The molecule has 7 rings (SSSR count). The van der Waals surface area contributed by atoms with Crippen LogP contribution >= 0.6 is 0 Å². The van der Waals surface area contributed by atoms with Gasteiger partial charge in [-0.05, 0) is 84.6 Å². The van der Waals surface area contributed by atoms with Gasteiger partial charge in [-0.1, -0.05) is 54.6 Å². The van der Waals surface area contributed by atoms with Gasteiger partial charge in [-0.15, -0.1) is 0 Å². The lowest BCUT2D eigenvalue weighted by molar-refractivity contribution is -0.0459. The van der Waals surface area contributed by atoms with Crippen molar-refractivity contribution in [1.82, 2.24) is 10.2 Å². The fourth-order valence-electron chi connectivity index (χ4n) is 6.50. The summed E-state index contributed by atoms with van der Waals surface area (Å²) in [5, 5.41) is 2.91. The lowest BCUT2D eigenvalue weighted by Gasteiger charge is -2.49. The summed E-state index contributed by atoms with van der Waals surface area (Å²) >= 11 is 0. The van der Waals surface area contributed by atoms with Crippen molar-refractivity contribution in [3.8, 4) is 11.5 Å². The Morgan fingerprint density at radius 1 is 0.875 bits per heavy atom. The standard InChI is InChI=1S/C39H40N2O7/c1-27-20-30(25-42)12-15-36(27)45-18-19-46-38(43)32-13-10-28(11-14-32)26-47-33-9-5-6-29(21-33)22-40-39(44)48-37-24-41-17-16-34(37)35(23-41)31-7-3-2-4-8-31/h2-15,20-21,25,34-35,37H,16-19,22-24,26H2,1H3,(H,40,44)/t34?,35?,37-/m0/s1. The summed E-state index contributed by atoms with van der Waals surface area (Å²) in [6, 6.07) is 30.3. The molecule has 4 atom stereocenters. The molecule has 1 N–H and O–H groups in total. The Morgan fingerprint density at radius 3 is 2.48 bits per heavy atom. The molecule has 0 aromatic heterocycles. The van der Waals surface area contributed by atoms with E-state index in [0.29, 0.717) is 47.6 Å². The van der Waals surface area contributed by atoms with Crippen molar-refractivity contribution in [2.24, 2.45) is 5.92 Å². The molecular formula is C39H40N2O7. The van der Waals surface area contributed by atoms with Gasteiger partial charge >= 0.3 is 12.1 Å². The molecule has 3 aliphatic heterocycles. The second-order valence-electron chi connectivity index (χ2n) is 12.3. The number of nitrogens with zero attached hydrogens (tertiary/aromatic N) is 1. The smallest absolute Gasteiger partial charge is 0.407 e. The van der Waals surface area contributed by atoms with Crippen LogP contribution in [-0.4, -0.2) is 62.2 Å². The molecule has 0 saturated carbocycles. The summed E-state index contributed by atoms with van der Waals surface area (Å²) in [6.07, 6.45) is 1.28. The van der Waals surface area contributed by atoms with Crippen LogP contribution in [0.4, 0.5) is 4.79 Å². The number of piperidine rings is 3. The molecule has 4 aromatic rings. The summed E-state index contributed by atoms with van der Waals surface area (Å²) in [6.45, 7) is 5.63. The van der Waals surface area contributed by atoms with Crippen LogP contribution in [0.25, 0.3) is 0 Å². The minimum absolute atomic E-state index is 0.0932. The number of amides is 1. The van der Waals surface area contributed by atoms with Crippen LogP contribution < -0.4 is 14.8 Å². The van der Waals surface area contributed by atoms with Gasteiger partial charge in [-0.2, -0.15) is 0 Å². The molecule has 4 aromatic carbocycles. The Balaban J connectivity index is 0.921. The molecule has 3 aliphatic rings. The van der Waals surface area contributed by atoms with Crippen LogP contribution in [0.5, 0.6) is 11.5 Å². The highest BCUT2D eigenvalue weighted by molar-refractivity contribution is 5.89. The van der Waals surface area contributed by atoms with E-state index in [1.807, 2.05) is 49.4 Å². The number of fused-ring (bicyclic) bond motifs is 3. The van der Waals surface area contributed by atoms with Crippen LogP contribution in [0.3, 0.4) is 0 Å². The SMILES string of the molecule is Cc1cc(C=O)ccc1OCCOC(=O)c1ccc(COc2cccc(CNC(=O)O[C@H]3CN4CCC3C(c3ccccc3)C4)c2)cc1. The molecule has 248 valence electrons. The van der Waals surface area contributed by atoms with Crippen LogP contribution in [0, 0.1) is 12.8 Å². The van der Waals surface area contributed by atoms with Gasteiger partial charge in [-0.3, -0.25) is 9.69 Å². The Kier molecular flexibility index (Phi) is 10.7. The zero-order valence-electron chi connectivity index (χ0n) is 27.0. The third kappa shape index (κ3) is 8.41. The van der Waals surface area contributed by atoms with Crippen LogP contribution in [0.2, 0.25) is 0 Å². The first-order chi connectivity index (χ1) is 23.4. The maximum Gasteiger partial charge on any atom is 0.407 e. The van der Waals surface area contributed by atoms with Crippen molar-refractivity contribution < 1.29 is 33.3 Å². The molecule has 3 unspecified atom stereocenters. The maximum absolute atomic E-state index is 12.8. The molecule has 9 heteroatoms. The Hall–Kier alpha value is -5.15. The third-order valence-corrected chi connectivity index (χ3v) is 8.99. The summed E-state index contributed by atoms with van der Waals surface area (Å²) in [4.78, 5) is 38.6. The Morgan fingerprint density at radius 2 is 1.71 bits per heavy atom. The number of carbonyl (C=O) groups is 3. The average molecular weight is 649 g/mol. The van der Waals surface area contributed by atoms with Crippen molar-refractivity contribution in [3.05, 3.63) is 130 Å². The molecule has 0 spiro atoms. The topological polar surface area (TPSA) is 103 Å². The van der Waals surface area contributed by atoms with E-state index in [9.17, 15) is 14.4 Å². The first-order valence-electron chi connectivity index (χ1n) is 16.3. The van der Waals surface area contributed by atoms with Gasteiger partial charge in [0.1, 0.15) is 43.7 Å². The highest BCUT2D eigenvalue weighted by atomic mass is 16.6. The number of hydrogen-bond acceptors (Lipinski definition) is 8. The van der Waals surface area contributed by atoms with Crippen molar-refractivity contribution in [2.75, 3.05) is 32.8 Å². The number of carbonyl (C=O) groups excluding carboxylic acids is 3. The van der Waals surface area contributed by atoms with E-state index < -0.39 is 12.1 Å². The highest BCUT2D eigenvalue weighted by Crippen LogP contribution is 2.40. The lowest BCUT2D eigenvalue weighted by Crippen LogP contribution is -2.56. The van der Waals surface area contributed by atoms with Crippen LogP contribution in [0.15, 0.2) is 97.1 Å². The first-order valence-corrected chi connectivity index (χ1v) is 16.3. The number of benzene rings is 4. The number of ether oxygens (including phenoxy) is 4. The molecule has 48 heavy (non-hydrogen) atoms. The minimum atomic E-state index is -0.442. The van der Waals surface area contributed by atoms with Gasteiger partial charge < -0.3 is 24.3 Å². The fourth-order valence-corrected chi connectivity index (χ4v) is 6.50. The molecular weight excluding hydrogens is 608 g/mol. The third-order valence-electron chi connectivity index (χ3n) is 8.99. The van der Waals surface area contributed by atoms with Crippen molar-refractivity contribution >= 4 is 18.3 Å². The second kappa shape index (κ2) is 15.6. The summed E-state index contributed by atoms with van der Waals surface area (Å²) in [7, 11) is 0. The van der Waals surface area contributed by atoms with Gasteiger partial charge in [-0.25, -0.2) is 9.59 Å². The van der Waals surface area contributed by atoms with Gasteiger partial charge in [0, 0.05) is 37.0 Å². The number of rotatable bonds is 13. The van der Waals surface area contributed by atoms with Crippen LogP contribution in [-0.2, 0) is 22.6 Å².